The van der Waals surface area contributed by atoms with Crippen molar-refractivity contribution in [2.75, 3.05) is 18.0 Å². The zero-order valence-corrected chi connectivity index (χ0v) is 18.2. The summed E-state index contributed by atoms with van der Waals surface area (Å²) in [6, 6.07) is 9.16. The summed E-state index contributed by atoms with van der Waals surface area (Å²) < 4.78 is 5.51. The van der Waals surface area contributed by atoms with Crippen LogP contribution in [0.5, 0.6) is 0 Å². The molecule has 0 bridgehead atoms. The molecule has 9 nitrogen and oxygen atoms in total. The van der Waals surface area contributed by atoms with Crippen molar-refractivity contribution in [3.63, 3.8) is 0 Å². The predicted octanol–water partition coefficient (Wildman–Crippen LogP) is 2.71. The minimum absolute atomic E-state index is 0.0845. The SMILES string of the molecule is O=C(OCc1ccccc1)[C@@H]1CCCN1C(=O)CN(c1nc(Cl)nc2nc[nH]c12)C1CC1. The van der Waals surface area contributed by atoms with Crippen LogP contribution in [-0.4, -0.2) is 61.9 Å². The molecule has 1 saturated heterocycles. The van der Waals surface area contributed by atoms with E-state index in [0.29, 0.717) is 29.9 Å². The maximum absolute atomic E-state index is 13.3. The lowest BCUT2D eigenvalue weighted by Crippen LogP contribution is -2.47. The Morgan fingerprint density at radius 1 is 1.19 bits per heavy atom. The Morgan fingerprint density at radius 3 is 2.78 bits per heavy atom. The number of H-pyrrole nitrogens is 1. The quantitative estimate of drug-likeness (QED) is 0.432. The van der Waals surface area contributed by atoms with E-state index in [-0.39, 0.29) is 36.4 Å². The van der Waals surface area contributed by atoms with Crippen LogP contribution in [-0.2, 0) is 20.9 Å². The van der Waals surface area contributed by atoms with Gasteiger partial charge in [-0.25, -0.2) is 9.78 Å². The van der Waals surface area contributed by atoms with Gasteiger partial charge >= 0.3 is 5.97 Å². The number of carbonyl (C=O) groups excluding carboxylic acids is 2. The first-order valence-corrected chi connectivity index (χ1v) is 11.1. The normalized spacial score (nSPS) is 18.2. The summed E-state index contributed by atoms with van der Waals surface area (Å²) in [6.45, 7) is 0.838. The van der Waals surface area contributed by atoms with Crippen molar-refractivity contribution in [2.45, 2.75) is 44.4 Å². The van der Waals surface area contributed by atoms with E-state index in [9.17, 15) is 9.59 Å². The van der Waals surface area contributed by atoms with Gasteiger partial charge in [-0.1, -0.05) is 30.3 Å². The van der Waals surface area contributed by atoms with Gasteiger partial charge in [-0.2, -0.15) is 9.97 Å². The Labute approximate surface area is 189 Å². The van der Waals surface area contributed by atoms with Gasteiger partial charge in [0.2, 0.25) is 11.2 Å². The van der Waals surface area contributed by atoms with Gasteiger partial charge in [-0.3, -0.25) is 4.79 Å². The molecule has 2 aliphatic rings. The lowest BCUT2D eigenvalue weighted by molar-refractivity contribution is -0.154. The number of benzene rings is 1. The fourth-order valence-corrected chi connectivity index (χ4v) is 4.29. The summed E-state index contributed by atoms with van der Waals surface area (Å²) in [6.07, 6.45) is 4.84. The molecule has 1 aliphatic heterocycles. The van der Waals surface area contributed by atoms with Gasteiger partial charge < -0.3 is 19.5 Å². The Morgan fingerprint density at radius 2 is 2.00 bits per heavy atom. The van der Waals surface area contributed by atoms with E-state index in [2.05, 4.69) is 19.9 Å². The number of nitrogens with zero attached hydrogens (tertiary/aromatic N) is 5. The van der Waals surface area contributed by atoms with E-state index >= 15 is 0 Å². The minimum atomic E-state index is -0.562. The maximum Gasteiger partial charge on any atom is 0.329 e. The van der Waals surface area contributed by atoms with Gasteiger partial charge in [0, 0.05) is 12.6 Å². The first-order valence-electron chi connectivity index (χ1n) is 10.7. The van der Waals surface area contributed by atoms with Crippen LogP contribution in [0.2, 0.25) is 5.28 Å². The third kappa shape index (κ3) is 4.25. The molecule has 10 heteroatoms. The highest BCUT2D eigenvalue weighted by Crippen LogP contribution is 2.34. The predicted molar refractivity (Wildman–Crippen MR) is 118 cm³/mol. The number of likely N-dealkylation sites (tertiary alicyclic amines) is 1. The first kappa shape index (κ1) is 20.7. The Kier molecular flexibility index (Phi) is 5.65. The number of hydrogen-bond donors (Lipinski definition) is 1. The van der Waals surface area contributed by atoms with Crippen molar-refractivity contribution >= 4 is 40.5 Å². The zero-order valence-electron chi connectivity index (χ0n) is 17.4. The molecule has 0 unspecified atom stereocenters. The first-order chi connectivity index (χ1) is 15.6. The van der Waals surface area contributed by atoms with Crippen molar-refractivity contribution in [1.29, 1.82) is 0 Å². The number of halogens is 1. The molecule has 3 aromatic rings. The van der Waals surface area contributed by atoms with Crippen LogP contribution in [0.15, 0.2) is 36.7 Å². The van der Waals surface area contributed by atoms with Gasteiger partial charge in [0.15, 0.2) is 11.5 Å². The summed E-state index contributed by atoms with van der Waals surface area (Å²) >= 11 is 6.10. The van der Waals surface area contributed by atoms with Crippen molar-refractivity contribution in [1.82, 2.24) is 24.8 Å². The van der Waals surface area contributed by atoms with Gasteiger partial charge in [-0.05, 0) is 42.8 Å². The van der Waals surface area contributed by atoms with Gasteiger partial charge in [-0.15, -0.1) is 0 Å². The molecule has 1 N–H and O–H groups in total. The van der Waals surface area contributed by atoms with Crippen molar-refractivity contribution in [3.8, 4) is 0 Å². The van der Waals surface area contributed by atoms with Crippen molar-refractivity contribution in [2.24, 2.45) is 0 Å². The number of aromatic amines is 1. The molecule has 5 rings (SSSR count). The standard InChI is InChI=1S/C22H23ClN6O3/c23-22-26-19-18(24-13-25-19)20(27-22)29(15-8-9-15)11-17(30)28-10-4-7-16(28)21(31)32-12-14-5-2-1-3-6-14/h1-3,5-6,13,15-16H,4,7-12H2,(H,24,25,26,27)/t16-/m0/s1. The molecule has 0 radical (unpaired) electrons. The number of ether oxygens (including phenoxy) is 1. The lowest BCUT2D eigenvalue weighted by atomic mass is 10.2. The summed E-state index contributed by atoms with van der Waals surface area (Å²) in [5, 5.41) is 0.0845. The van der Waals surface area contributed by atoms with Crippen LogP contribution in [0.1, 0.15) is 31.2 Å². The van der Waals surface area contributed by atoms with Crippen LogP contribution in [0.4, 0.5) is 5.82 Å². The molecular formula is C22H23ClN6O3. The second kappa shape index (κ2) is 8.74. The molecule has 166 valence electrons. The molecule has 1 aliphatic carbocycles. The van der Waals surface area contributed by atoms with E-state index in [1.54, 1.807) is 4.90 Å². The minimum Gasteiger partial charge on any atom is -0.459 e. The maximum atomic E-state index is 13.3. The largest absolute Gasteiger partial charge is 0.459 e. The molecule has 3 heterocycles. The van der Waals surface area contributed by atoms with Crippen LogP contribution >= 0.6 is 11.6 Å². The average Bonchev–Trinajstić information content (AvgIpc) is 3.31. The second-order valence-corrected chi connectivity index (χ2v) is 8.45. The van der Waals surface area contributed by atoms with E-state index in [1.165, 1.54) is 6.33 Å². The number of fused-ring (bicyclic) bond motifs is 1. The number of nitrogens with one attached hydrogen (secondary N) is 1. The molecule has 1 amide bonds. The molecule has 1 atom stereocenters. The fourth-order valence-electron chi connectivity index (χ4n) is 4.13. The second-order valence-electron chi connectivity index (χ2n) is 8.11. The summed E-state index contributed by atoms with van der Waals surface area (Å²) in [5.41, 5.74) is 2.02. The number of imidazole rings is 1. The van der Waals surface area contributed by atoms with Gasteiger partial charge in [0.1, 0.15) is 18.2 Å². The van der Waals surface area contributed by atoms with Crippen LogP contribution in [0.3, 0.4) is 0 Å². The number of rotatable bonds is 7. The van der Waals surface area contributed by atoms with E-state index in [0.717, 1.165) is 24.8 Å². The summed E-state index contributed by atoms with van der Waals surface area (Å²) in [7, 11) is 0. The topological polar surface area (TPSA) is 104 Å². The molecular weight excluding hydrogens is 432 g/mol. The molecule has 2 aromatic heterocycles. The number of aromatic nitrogens is 4. The molecule has 1 aromatic carbocycles. The van der Waals surface area contributed by atoms with Crippen LogP contribution in [0, 0.1) is 0 Å². The monoisotopic (exact) mass is 454 g/mol. The third-order valence-electron chi connectivity index (χ3n) is 5.87. The average molecular weight is 455 g/mol. The number of anilines is 1. The summed E-state index contributed by atoms with van der Waals surface area (Å²) in [4.78, 5) is 45.3. The van der Waals surface area contributed by atoms with E-state index < -0.39 is 6.04 Å². The Balaban J connectivity index is 1.30. The Bertz CT molecular complexity index is 1130. The number of carbonyl (C=O) groups is 2. The zero-order chi connectivity index (χ0) is 22.1. The summed E-state index contributed by atoms with van der Waals surface area (Å²) in [5.74, 6) is 0.0768. The molecule has 1 saturated carbocycles. The van der Waals surface area contributed by atoms with Crippen LogP contribution < -0.4 is 4.90 Å². The highest BCUT2D eigenvalue weighted by molar-refractivity contribution is 6.28. The Hall–Kier alpha value is -3.20. The van der Waals surface area contributed by atoms with E-state index in [4.69, 9.17) is 16.3 Å². The van der Waals surface area contributed by atoms with Crippen molar-refractivity contribution in [3.05, 3.63) is 47.5 Å². The number of hydrogen-bond acceptors (Lipinski definition) is 7. The molecule has 0 spiro atoms. The van der Waals surface area contributed by atoms with Crippen LogP contribution in [0.25, 0.3) is 11.2 Å². The fraction of sp³-hybridized carbons (Fsp3) is 0.409. The molecule has 32 heavy (non-hydrogen) atoms. The number of amides is 1. The smallest absolute Gasteiger partial charge is 0.329 e. The van der Waals surface area contributed by atoms with E-state index in [1.807, 2.05) is 35.2 Å². The highest BCUT2D eigenvalue weighted by Gasteiger charge is 2.39. The third-order valence-corrected chi connectivity index (χ3v) is 6.04. The molecule has 2 fully saturated rings. The highest BCUT2D eigenvalue weighted by atomic mass is 35.5. The number of esters is 1. The van der Waals surface area contributed by atoms with Gasteiger partial charge in [0.25, 0.3) is 0 Å². The lowest BCUT2D eigenvalue weighted by Gasteiger charge is -2.28. The van der Waals surface area contributed by atoms with Crippen molar-refractivity contribution < 1.29 is 14.3 Å². The van der Waals surface area contributed by atoms with Gasteiger partial charge in [0.05, 0.1) is 12.9 Å².